The summed E-state index contributed by atoms with van der Waals surface area (Å²) in [6, 6.07) is 16.5. The number of carbonyl (C=O) groups excluding carboxylic acids is 1. The molecule has 1 N–H and O–H groups in total. The number of benzene rings is 3. The normalized spacial score (nSPS) is 10.4. The standard InChI is InChI=1S/C22H19ClN2O5/c1-14-6-8-15(9-7-14)13-30-21-19(23)10-16(11-20(21)29-2)22(26)24-17-4-3-5-18(12-17)25(27)28/h3-12H,13H2,1-2H3,(H,24,26). The third-order valence-corrected chi connectivity index (χ3v) is 4.59. The van der Waals surface area contributed by atoms with Crippen LogP contribution in [0.15, 0.2) is 60.7 Å². The second kappa shape index (κ2) is 9.28. The van der Waals surface area contributed by atoms with Gasteiger partial charge >= 0.3 is 0 Å². The number of anilines is 1. The molecule has 3 aromatic rings. The maximum Gasteiger partial charge on any atom is 0.271 e. The highest BCUT2D eigenvalue weighted by atomic mass is 35.5. The molecule has 0 atom stereocenters. The number of aryl methyl sites for hydroxylation is 1. The first-order chi connectivity index (χ1) is 14.4. The number of non-ortho nitro benzene ring substituents is 1. The Morgan fingerprint density at radius 2 is 1.87 bits per heavy atom. The first-order valence-corrected chi connectivity index (χ1v) is 9.37. The van der Waals surface area contributed by atoms with Crippen LogP contribution < -0.4 is 14.8 Å². The molecule has 0 bridgehead atoms. The van der Waals surface area contributed by atoms with E-state index in [1.165, 1.54) is 37.4 Å². The van der Waals surface area contributed by atoms with Crippen LogP contribution in [0.4, 0.5) is 11.4 Å². The maximum atomic E-state index is 12.6. The molecule has 8 heteroatoms. The molecule has 3 aromatic carbocycles. The van der Waals surface area contributed by atoms with E-state index >= 15 is 0 Å². The maximum absolute atomic E-state index is 12.6. The highest BCUT2D eigenvalue weighted by Crippen LogP contribution is 2.37. The molecule has 0 saturated carbocycles. The summed E-state index contributed by atoms with van der Waals surface area (Å²) in [5.74, 6) is 0.145. The van der Waals surface area contributed by atoms with E-state index in [0.717, 1.165) is 11.1 Å². The van der Waals surface area contributed by atoms with Gasteiger partial charge in [0.25, 0.3) is 11.6 Å². The molecule has 0 saturated heterocycles. The molecule has 0 unspecified atom stereocenters. The smallest absolute Gasteiger partial charge is 0.271 e. The lowest BCUT2D eigenvalue weighted by atomic mass is 10.1. The molecule has 0 spiro atoms. The molecule has 30 heavy (non-hydrogen) atoms. The van der Waals surface area contributed by atoms with E-state index in [0.29, 0.717) is 17.2 Å². The van der Waals surface area contributed by atoms with Crippen LogP contribution in [-0.2, 0) is 6.61 Å². The van der Waals surface area contributed by atoms with Crippen molar-refractivity contribution in [2.24, 2.45) is 0 Å². The average Bonchev–Trinajstić information content (AvgIpc) is 2.73. The number of nitrogens with zero attached hydrogens (tertiary/aromatic N) is 1. The van der Waals surface area contributed by atoms with Gasteiger partial charge < -0.3 is 14.8 Å². The lowest BCUT2D eigenvalue weighted by Gasteiger charge is -2.14. The fourth-order valence-corrected chi connectivity index (χ4v) is 3.00. The largest absolute Gasteiger partial charge is 0.493 e. The molecule has 0 aliphatic heterocycles. The Kier molecular flexibility index (Phi) is 6.54. The minimum Gasteiger partial charge on any atom is -0.493 e. The predicted molar refractivity (Wildman–Crippen MR) is 115 cm³/mol. The van der Waals surface area contributed by atoms with Crippen molar-refractivity contribution in [1.82, 2.24) is 0 Å². The van der Waals surface area contributed by atoms with Crippen LogP contribution >= 0.6 is 11.6 Å². The number of carbonyl (C=O) groups is 1. The van der Waals surface area contributed by atoms with E-state index in [4.69, 9.17) is 21.1 Å². The quantitative estimate of drug-likeness (QED) is 0.403. The van der Waals surface area contributed by atoms with Gasteiger partial charge in [-0.15, -0.1) is 0 Å². The highest BCUT2D eigenvalue weighted by molar-refractivity contribution is 6.32. The summed E-state index contributed by atoms with van der Waals surface area (Å²) in [7, 11) is 1.45. The van der Waals surface area contributed by atoms with Crippen molar-refractivity contribution < 1.29 is 19.2 Å². The Bertz CT molecular complexity index is 1080. The lowest BCUT2D eigenvalue weighted by molar-refractivity contribution is -0.384. The second-order valence-corrected chi connectivity index (χ2v) is 6.93. The van der Waals surface area contributed by atoms with E-state index < -0.39 is 10.8 Å². The molecule has 0 heterocycles. The zero-order valence-corrected chi connectivity index (χ0v) is 17.1. The Balaban J connectivity index is 1.78. The van der Waals surface area contributed by atoms with Crippen LogP contribution in [0, 0.1) is 17.0 Å². The Morgan fingerprint density at radius 1 is 1.13 bits per heavy atom. The third kappa shape index (κ3) is 5.07. The highest BCUT2D eigenvalue weighted by Gasteiger charge is 2.17. The molecule has 0 aliphatic carbocycles. The third-order valence-electron chi connectivity index (χ3n) is 4.31. The van der Waals surface area contributed by atoms with Crippen LogP contribution in [0.3, 0.4) is 0 Å². The summed E-state index contributed by atoms with van der Waals surface area (Å²) in [4.78, 5) is 23.0. The molecule has 0 fully saturated rings. The van der Waals surface area contributed by atoms with Gasteiger partial charge in [-0.25, -0.2) is 0 Å². The van der Waals surface area contributed by atoms with Crippen molar-refractivity contribution >= 4 is 28.9 Å². The predicted octanol–water partition coefficient (Wildman–Crippen LogP) is 5.40. The first-order valence-electron chi connectivity index (χ1n) is 8.99. The number of nitro benzene ring substituents is 1. The average molecular weight is 427 g/mol. The summed E-state index contributed by atoms with van der Waals surface area (Å²) in [6.45, 7) is 2.29. The topological polar surface area (TPSA) is 90.7 Å². The van der Waals surface area contributed by atoms with Crippen molar-refractivity contribution in [2.45, 2.75) is 13.5 Å². The van der Waals surface area contributed by atoms with E-state index in [9.17, 15) is 14.9 Å². The minimum atomic E-state index is -0.532. The van der Waals surface area contributed by atoms with Crippen LogP contribution in [0.2, 0.25) is 5.02 Å². The van der Waals surface area contributed by atoms with Crippen LogP contribution in [0.25, 0.3) is 0 Å². The molecule has 0 aliphatic rings. The summed E-state index contributed by atoms with van der Waals surface area (Å²) in [5, 5.41) is 13.7. The monoisotopic (exact) mass is 426 g/mol. The number of nitrogens with one attached hydrogen (secondary N) is 1. The van der Waals surface area contributed by atoms with Gasteiger partial charge in [0.05, 0.1) is 17.1 Å². The molecular formula is C22H19ClN2O5. The van der Waals surface area contributed by atoms with Crippen molar-refractivity contribution in [1.29, 1.82) is 0 Å². The van der Waals surface area contributed by atoms with E-state index in [1.54, 1.807) is 6.07 Å². The van der Waals surface area contributed by atoms with Gasteiger partial charge in [0.15, 0.2) is 11.5 Å². The summed E-state index contributed by atoms with van der Waals surface area (Å²) < 4.78 is 11.2. The van der Waals surface area contributed by atoms with Gasteiger partial charge in [-0.3, -0.25) is 14.9 Å². The van der Waals surface area contributed by atoms with Crippen molar-refractivity contribution in [2.75, 3.05) is 12.4 Å². The van der Waals surface area contributed by atoms with E-state index in [2.05, 4.69) is 5.32 Å². The first kappa shape index (κ1) is 21.1. The fraction of sp³-hybridized carbons (Fsp3) is 0.136. The lowest BCUT2D eigenvalue weighted by Crippen LogP contribution is -2.12. The van der Waals surface area contributed by atoms with Gasteiger partial charge in [-0.1, -0.05) is 47.5 Å². The van der Waals surface area contributed by atoms with Crippen molar-refractivity contribution in [3.63, 3.8) is 0 Å². The van der Waals surface area contributed by atoms with Gasteiger partial charge in [0.1, 0.15) is 6.61 Å². The Hall–Kier alpha value is -3.58. The van der Waals surface area contributed by atoms with Crippen molar-refractivity contribution in [3.05, 3.63) is 92.5 Å². The number of ether oxygens (including phenoxy) is 2. The molecule has 154 valence electrons. The van der Waals surface area contributed by atoms with Crippen molar-refractivity contribution in [3.8, 4) is 11.5 Å². The number of methoxy groups -OCH3 is 1. The zero-order chi connectivity index (χ0) is 21.7. The number of nitro groups is 1. The fourth-order valence-electron chi connectivity index (χ4n) is 2.73. The van der Waals surface area contributed by atoms with E-state index in [-0.39, 0.29) is 22.9 Å². The van der Waals surface area contributed by atoms with Gasteiger partial charge in [-0.05, 0) is 30.7 Å². The second-order valence-electron chi connectivity index (χ2n) is 6.53. The molecule has 0 radical (unpaired) electrons. The van der Waals surface area contributed by atoms with Crippen LogP contribution in [0.5, 0.6) is 11.5 Å². The number of hydrogen-bond donors (Lipinski definition) is 1. The molecule has 3 rings (SSSR count). The van der Waals surface area contributed by atoms with Crippen LogP contribution in [-0.4, -0.2) is 17.9 Å². The molecule has 7 nitrogen and oxygen atoms in total. The summed E-state index contributed by atoms with van der Waals surface area (Å²) in [6.07, 6.45) is 0. The summed E-state index contributed by atoms with van der Waals surface area (Å²) in [5.41, 5.74) is 2.51. The van der Waals surface area contributed by atoms with Crippen LogP contribution in [0.1, 0.15) is 21.5 Å². The van der Waals surface area contributed by atoms with E-state index in [1.807, 2.05) is 31.2 Å². The Labute approximate surface area is 178 Å². The molecule has 1 amide bonds. The van der Waals surface area contributed by atoms with Gasteiger partial charge in [0.2, 0.25) is 0 Å². The number of rotatable bonds is 7. The zero-order valence-electron chi connectivity index (χ0n) is 16.3. The number of hydrogen-bond acceptors (Lipinski definition) is 5. The summed E-state index contributed by atoms with van der Waals surface area (Å²) >= 11 is 6.34. The molecular weight excluding hydrogens is 408 g/mol. The minimum absolute atomic E-state index is 0.122. The Morgan fingerprint density at radius 3 is 2.53 bits per heavy atom. The van der Waals surface area contributed by atoms with Gasteiger partial charge in [0, 0.05) is 23.4 Å². The SMILES string of the molecule is COc1cc(C(=O)Nc2cccc([N+](=O)[O-])c2)cc(Cl)c1OCc1ccc(C)cc1. The van der Waals surface area contributed by atoms with Gasteiger partial charge in [-0.2, -0.15) is 0 Å². The number of amides is 1. The molecule has 0 aromatic heterocycles. The number of halogens is 1.